The quantitative estimate of drug-likeness (QED) is 0.375. The number of Topliss-reactive ketones (excluding diaryl/α,β-unsaturated/α-hetero) is 1. The highest BCUT2D eigenvalue weighted by molar-refractivity contribution is 6.02. The van der Waals surface area contributed by atoms with E-state index in [0.717, 1.165) is 32.1 Å². The predicted molar refractivity (Wildman–Crippen MR) is 158 cm³/mol. The van der Waals surface area contributed by atoms with Gasteiger partial charge in [0.2, 0.25) is 0 Å². The fraction of sp³-hybridized carbons (Fsp3) is 0.567. The van der Waals surface area contributed by atoms with Gasteiger partial charge >= 0.3 is 6.09 Å². The number of hydrogen-bond donors (Lipinski definition) is 1. The highest BCUT2D eigenvalue weighted by atomic mass is 16.6. The number of fused-ring (bicyclic) bond motifs is 1. The van der Waals surface area contributed by atoms with Gasteiger partial charge in [0.15, 0.2) is 11.4 Å². The summed E-state index contributed by atoms with van der Waals surface area (Å²) in [4.78, 5) is 46.0. The molecule has 1 saturated carbocycles. The number of ketones is 1. The molecule has 0 aromatic carbocycles. The van der Waals surface area contributed by atoms with Crippen molar-refractivity contribution in [2.24, 2.45) is 5.92 Å². The number of ether oxygens (including phenoxy) is 3. The topological polar surface area (TPSA) is 129 Å². The van der Waals surface area contributed by atoms with Gasteiger partial charge in [0.1, 0.15) is 22.9 Å². The Morgan fingerprint density at radius 3 is 2.64 bits per heavy atom. The molecule has 2 fully saturated rings. The van der Waals surface area contributed by atoms with Gasteiger partial charge in [-0.1, -0.05) is 0 Å². The molecule has 226 valence electrons. The van der Waals surface area contributed by atoms with Crippen LogP contribution in [0.5, 0.6) is 0 Å². The zero-order valence-electron chi connectivity index (χ0n) is 25.0. The smallest absolute Gasteiger partial charge is 0.415 e. The van der Waals surface area contributed by atoms with E-state index in [1.165, 1.54) is 15.6 Å². The Morgan fingerprint density at radius 1 is 1.19 bits per heavy atom. The Morgan fingerprint density at radius 2 is 1.95 bits per heavy atom. The first-order valence-electron chi connectivity index (χ1n) is 14.5. The molecule has 1 aliphatic carbocycles. The molecule has 2 atom stereocenters. The van der Waals surface area contributed by atoms with Crippen molar-refractivity contribution in [2.75, 3.05) is 37.6 Å². The molecule has 12 nitrogen and oxygen atoms in total. The van der Waals surface area contributed by atoms with Crippen LogP contribution in [-0.4, -0.2) is 70.1 Å². The number of nitrogens with one attached hydrogen (secondary N) is 1. The van der Waals surface area contributed by atoms with Crippen LogP contribution in [0, 0.1) is 5.92 Å². The van der Waals surface area contributed by atoms with Gasteiger partial charge in [0.05, 0.1) is 17.9 Å². The summed E-state index contributed by atoms with van der Waals surface area (Å²) in [5.74, 6) is 0.765. The number of anilines is 3. The van der Waals surface area contributed by atoms with Gasteiger partial charge in [-0.25, -0.2) is 9.78 Å². The average Bonchev–Trinajstić information content (AvgIpc) is 3.60. The Labute approximate surface area is 245 Å². The SMILES string of the molecule is CO[C@@H]1CCC(CC(=O)c2cnn3c(N(C)C(=O)OC(C)(C)C)cc(Nc4cccn(C5CCOCC5)c4=O)nc23)C1. The summed E-state index contributed by atoms with van der Waals surface area (Å²) in [5.41, 5.74) is 0.0655. The molecule has 2 aliphatic rings. The van der Waals surface area contributed by atoms with Gasteiger partial charge in [-0.15, -0.1) is 0 Å². The molecule has 1 amide bonds. The molecule has 0 radical (unpaired) electrons. The van der Waals surface area contributed by atoms with Crippen molar-refractivity contribution in [1.82, 2.24) is 19.2 Å². The second-order valence-corrected chi connectivity index (χ2v) is 12.1. The van der Waals surface area contributed by atoms with E-state index < -0.39 is 11.7 Å². The van der Waals surface area contributed by atoms with E-state index in [0.29, 0.717) is 42.5 Å². The third kappa shape index (κ3) is 6.49. The van der Waals surface area contributed by atoms with Crippen molar-refractivity contribution in [1.29, 1.82) is 0 Å². The van der Waals surface area contributed by atoms with Crippen LogP contribution in [0.25, 0.3) is 5.65 Å². The highest BCUT2D eigenvalue weighted by Crippen LogP contribution is 2.32. The maximum Gasteiger partial charge on any atom is 0.415 e. The number of methoxy groups -OCH3 is 1. The number of rotatable bonds is 8. The Hall–Kier alpha value is -3.77. The lowest BCUT2D eigenvalue weighted by Crippen LogP contribution is -2.35. The number of amides is 1. The maximum absolute atomic E-state index is 13.5. The van der Waals surface area contributed by atoms with Gasteiger partial charge < -0.3 is 24.1 Å². The van der Waals surface area contributed by atoms with Crippen molar-refractivity contribution in [3.8, 4) is 0 Å². The van der Waals surface area contributed by atoms with Gasteiger partial charge in [-0.3, -0.25) is 14.5 Å². The van der Waals surface area contributed by atoms with Gasteiger partial charge in [-0.2, -0.15) is 9.61 Å². The highest BCUT2D eigenvalue weighted by Gasteiger charge is 2.29. The van der Waals surface area contributed by atoms with Crippen LogP contribution < -0.4 is 15.8 Å². The minimum atomic E-state index is -0.718. The summed E-state index contributed by atoms with van der Waals surface area (Å²) in [6.07, 6.45) is 7.41. The number of pyridine rings is 1. The first-order chi connectivity index (χ1) is 20.0. The maximum atomic E-state index is 13.5. The Kier molecular flexibility index (Phi) is 8.65. The standard InChI is InChI=1S/C30H40N6O6/c1-30(2,3)42-29(39)34(4)26-17-25(32-23-7-6-12-35(28(23)38)20-10-13-41-14-11-20)33-27-22(18-31-36(26)27)24(37)16-19-8-9-21(15-19)40-5/h6-7,12,17-21H,8-11,13-16H2,1-5H3,(H,32,33)/t19?,21-/m1/s1. The zero-order valence-corrected chi connectivity index (χ0v) is 25.0. The summed E-state index contributed by atoms with van der Waals surface area (Å²) >= 11 is 0. The summed E-state index contributed by atoms with van der Waals surface area (Å²) < 4.78 is 19.7. The average molecular weight is 581 g/mol. The van der Waals surface area contributed by atoms with E-state index in [-0.39, 0.29) is 35.1 Å². The van der Waals surface area contributed by atoms with Crippen molar-refractivity contribution < 1.29 is 23.8 Å². The largest absolute Gasteiger partial charge is 0.443 e. The van der Waals surface area contributed by atoms with Gasteiger partial charge in [0, 0.05) is 52.1 Å². The molecule has 12 heteroatoms. The predicted octanol–water partition coefficient (Wildman–Crippen LogP) is 4.75. The summed E-state index contributed by atoms with van der Waals surface area (Å²) in [7, 11) is 3.27. The zero-order chi connectivity index (χ0) is 30.0. The van der Waals surface area contributed by atoms with Crippen LogP contribution in [0.1, 0.15) is 75.7 Å². The van der Waals surface area contributed by atoms with Crippen LogP contribution in [0.4, 0.5) is 22.1 Å². The Bertz CT molecular complexity index is 1500. The first kappa shape index (κ1) is 29.7. The molecular weight excluding hydrogens is 540 g/mol. The second-order valence-electron chi connectivity index (χ2n) is 12.1. The summed E-state index contributed by atoms with van der Waals surface area (Å²) in [5, 5.41) is 7.59. The van der Waals surface area contributed by atoms with Crippen molar-refractivity contribution in [3.05, 3.63) is 46.5 Å². The molecule has 0 spiro atoms. The van der Waals surface area contributed by atoms with Gasteiger partial charge in [0.25, 0.3) is 5.56 Å². The monoisotopic (exact) mass is 580 g/mol. The molecule has 1 N–H and O–H groups in total. The molecule has 1 saturated heterocycles. The molecular formula is C30H40N6O6. The number of aromatic nitrogens is 4. The molecule has 4 heterocycles. The van der Waals surface area contributed by atoms with Crippen LogP contribution in [0.3, 0.4) is 0 Å². The normalized spacial score (nSPS) is 19.6. The van der Waals surface area contributed by atoms with Gasteiger partial charge in [-0.05, 0) is 70.9 Å². The van der Waals surface area contributed by atoms with Crippen LogP contribution in [-0.2, 0) is 14.2 Å². The molecule has 3 aromatic rings. The minimum Gasteiger partial charge on any atom is -0.443 e. The summed E-state index contributed by atoms with van der Waals surface area (Å²) in [6.45, 7) is 6.58. The van der Waals surface area contributed by atoms with Crippen molar-refractivity contribution in [3.63, 3.8) is 0 Å². The van der Waals surface area contributed by atoms with Crippen molar-refractivity contribution in [2.45, 2.75) is 77.0 Å². The lowest BCUT2D eigenvalue weighted by molar-refractivity contribution is 0.0587. The lowest BCUT2D eigenvalue weighted by Gasteiger charge is -2.25. The van der Waals surface area contributed by atoms with Crippen LogP contribution in [0.15, 0.2) is 35.4 Å². The molecule has 5 rings (SSSR count). The van der Waals surface area contributed by atoms with E-state index in [2.05, 4.69) is 10.4 Å². The van der Waals surface area contributed by atoms with E-state index in [1.54, 1.807) is 57.8 Å². The van der Waals surface area contributed by atoms with Crippen LogP contribution in [0.2, 0.25) is 0 Å². The fourth-order valence-corrected chi connectivity index (χ4v) is 5.67. The first-order valence-corrected chi connectivity index (χ1v) is 14.5. The summed E-state index contributed by atoms with van der Waals surface area (Å²) in [6, 6.07) is 5.16. The number of carbonyl (C=O) groups excluding carboxylic acids is 2. The molecule has 1 unspecified atom stereocenters. The third-order valence-corrected chi connectivity index (χ3v) is 7.89. The van der Waals surface area contributed by atoms with Crippen LogP contribution >= 0.6 is 0 Å². The van der Waals surface area contributed by atoms with E-state index >= 15 is 0 Å². The van der Waals surface area contributed by atoms with E-state index in [1.807, 2.05) is 6.07 Å². The molecule has 0 bridgehead atoms. The molecule has 42 heavy (non-hydrogen) atoms. The minimum absolute atomic E-state index is 0.0460. The second kappa shape index (κ2) is 12.2. The molecule has 3 aromatic heterocycles. The number of hydrogen-bond acceptors (Lipinski definition) is 9. The van der Waals surface area contributed by atoms with Crippen molar-refractivity contribution >= 4 is 34.8 Å². The number of nitrogens with zero attached hydrogens (tertiary/aromatic N) is 5. The number of carbonyl (C=O) groups is 2. The third-order valence-electron chi connectivity index (χ3n) is 7.89. The lowest BCUT2D eigenvalue weighted by atomic mass is 9.98. The van der Waals surface area contributed by atoms with E-state index in [9.17, 15) is 14.4 Å². The molecule has 1 aliphatic heterocycles. The Balaban J connectivity index is 1.51. The van der Waals surface area contributed by atoms with E-state index in [4.69, 9.17) is 19.2 Å². The fourth-order valence-electron chi connectivity index (χ4n) is 5.67.